The van der Waals surface area contributed by atoms with Crippen molar-refractivity contribution in [2.45, 2.75) is 6.42 Å². The summed E-state index contributed by atoms with van der Waals surface area (Å²) >= 11 is 0. The van der Waals surface area contributed by atoms with E-state index >= 15 is 0 Å². The second-order valence-electron chi connectivity index (χ2n) is 3.77. The summed E-state index contributed by atoms with van der Waals surface area (Å²) in [6, 6.07) is 5.65. The number of nitriles is 1. The largest absolute Gasteiger partial charge is 0.493 e. The minimum atomic E-state index is 0.251. The van der Waals surface area contributed by atoms with Gasteiger partial charge in [-0.1, -0.05) is 0 Å². The van der Waals surface area contributed by atoms with Crippen molar-refractivity contribution < 1.29 is 13.9 Å². The van der Waals surface area contributed by atoms with Crippen LogP contribution in [-0.2, 0) is 0 Å². The first-order valence-corrected chi connectivity index (χ1v) is 5.61. The number of nitrogens with zero attached hydrogens (tertiary/aromatic N) is 3. The fourth-order valence-corrected chi connectivity index (χ4v) is 1.63. The fraction of sp³-hybridized carbons (Fsp3) is 0.333. The van der Waals surface area contributed by atoms with Crippen LogP contribution in [0.2, 0.25) is 0 Å². The summed E-state index contributed by atoms with van der Waals surface area (Å²) in [5.74, 6) is 6.87. The highest BCUT2D eigenvalue weighted by molar-refractivity contribution is 5.79. The number of hydrogen-bond acceptors (Lipinski definition) is 7. The van der Waals surface area contributed by atoms with E-state index in [0.717, 1.165) is 0 Å². The molecule has 0 fully saturated rings. The molecule has 1 heterocycles. The van der Waals surface area contributed by atoms with E-state index in [1.807, 2.05) is 6.07 Å². The van der Waals surface area contributed by atoms with Gasteiger partial charge >= 0.3 is 6.01 Å². The van der Waals surface area contributed by atoms with Crippen LogP contribution in [0.1, 0.15) is 6.42 Å². The zero-order valence-corrected chi connectivity index (χ0v) is 10.7. The third-order valence-electron chi connectivity index (χ3n) is 2.59. The summed E-state index contributed by atoms with van der Waals surface area (Å²) < 4.78 is 15.9. The Morgan fingerprint density at radius 2 is 2.05 bits per heavy atom. The molecule has 0 amide bonds. The second-order valence-corrected chi connectivity index (χ2v) is 3.77. The first kappa shape index (κ1) is 13.0. The summed E-state index contributed by atoms with van der Waals surface area (Å²) in [5, 5.41) is 9.82. The number of ether oxygens (including phenoxy) is 2. The predicted octanol–water partition coefficient (Wildman–Crippen LogP) is 1.44. The van der Waals surface area contributed by atoms with E-state index < -0.39 is 0 Å². The molecule has 0 bridgehead atoms. The van der Waals surface area contributed by atoms with Gasteiger partial charge in [0.05, 0.1) is 33.3 Å². The maximum absolute atomic E-state index is 8.52. The Morgan fingerprint density at radius 1 is 1.37 bits per heavy atom. The molecule has 2 rings (SSSR count). The van der Waals surface area contributed by atoms with Crippen molar-refractivity contribution in [2.75, 3.05) is 25.8 Å². The number of aromatic nitrogens is 1. The Labute approximate surface area is 110 Å². The van der Waals surface area contributed by atoms with Crippen molar-refractivity contribution in [3.05, 3.63) is 12.1 Å². The van der Waals surface area contributed by atoms with Crippen LogP contribution in [0.5, 0.6) is 11.5 Å². The molecule has 0 spiro atoms. The third-order valence-corrected chi connectivity index (χ3v) is 2.59. The first-order valence-electron chi connectivity index (χ1n) is 5.61. The molecule has 100 valence electrons. The lowest BCUT2D eigenvalue weighted by molar-refractivity contribution is 0.355. The summed E-state index contributed by atoms with van der Waals surface area (Å²) in [7, 11) is 3.09. The van der Waals surface area contributed by atoms with Gasteiger partial charge in [0.15, 0.2) is 17.1 Å². The average Bonchev–Trinajstić information content (AvgIpc) is 2.85. The number of nitrogens with two attached hydrogens (primary N) is 1. The molecule has 0 aliphatic heterocycles. The van der Waals surface area contributed by atoms with Gasteiger partial charge in [0, 0.05) is 12.1 Å². The summed E-state index contributed by atoms with van der Waals surface area (Å²) in [5.41, 5.74) is 1.15. The van der Waals surface area contributed by atoms with Crippen LogP contribution < -0.4 is 20.3 Å². The Balaban J connectivity index is 2.37. The number of benzene rings is 1. The molecule has 0 aliphatic rings. The Bertz CT molecular complexity index is 576. The number of hydrazine groups is 1. The topological polar surface area (TPSA) is 97.5 Å². The zero-order valence-electron chi connectivity index (χ0n) is 10.7. The Morgan fingerprint density at radius 3 is 2.68 bits per heavy atom. The van der Waals surface area contributed by atoms with Crippen LogP contribution in [0, 0.1) is 11.3 Å². The SMILES string of the molecule is COc1cc2nc(N(N)CCC#N)oc2cc1OC. The maximum Gasteiger partial charge on any atom is 0.313 e. The monoisotopic (exact) mass is 262 g/mol. The highest BCUT2D eigenvalue weighted by Crippen LogP contribution is 2.33. The number of rotatable bonds is 5. The highest BCUT2D eigenvalue weighted by atomic mass is 16.5. The van der Waals surface area contributed by atoms with Crippen LogP contribution in [0.4, 0.5) is 6.01 Å². The average molecular weight is 262 g/mol. The quantitative estimate of drug-likeness (QED) is 0.643. The van der Waals surface area contributed by atoms with Crippen LogP contribution in [0.3, 0.4) is 0 Å². The number of fused-ring (bicyclic) bond motifs is 1. The van der Waals surface area contributed by atoms with Crippen molar-refractivity contribution in [1.29, 1.82) is 5.26 Å². The van der Waals surface area contributed by atoms with E-state index in [1.165, 1.54) is 5.01 Å². The highest BCUT2D eigenvalue weighted by Gasteiger charge is 2.14. The lowest BCUT2D eigenvalue weighted by atomic mass is 10.3. The Kier molecular flexibility index (Phi) is 3.73. The molecule has 0 radical (unpaired) electrons. The number of hydrogen-bond donors (Lipinski definition) is 1. The normalized spacial score (nSPS) is 10.2. The molecule has 7 nitrogen and oxygen atoms in total. The van der Waals surface area contributed by atoms with Crippen molar-refractivity contribution in [1.82, 2.24) is 4.98 Å². The first-order chi connectivity index (χ1) is 9.19. The van der Waals surface area contributed by atoms with Crippen LogP contribution in [0.15, 0.2) is 16.5 Å². The third kappa shape index (κ3) is 2.53. The molecular weight excluding hydrogens is 248 g/mol. The van der Waals surface area contributed by atoms with Gasteiger partial charge in [-0.25, -0.2) is 5.84 Å². The second kappa shape index (κ2) is 5.46. The molecule has 0 saturated carbocycles. The molecule has 0 aliphatic carbocycles. The smallest absolute Gasteiger partial charge is 0.313 e. The molecule has 0 unspecified atom stereocenters. The standard InChI is InChI=1S/C12H14N4O3/c1-17-10-6-8-9(7-11(10)18-2)19-12(15-8)16(14)5-3-4-13/h6-7H,3,5,14H2,1-2H3. The van der Waals surface area contributed by atoms with Gasteiger partial charge in [-0.15, -0.1) is 0 Å². The van der Waals surface area contributed by atoms with Gasteiger partial charge in [-0.05, 0) is 0 Å². The minimum Gasteiger partial charge on any atom is -0.493 e. The minimum absolute atomic E-state index is 0.251. The number of anilines is 1. The van der Waals surface area contributed by atoms with E-state index in [1.54, 1.807) is 26.4 Å². The molecular formula is C12H14N4O3. The molecule has 0 saturated heterocycles. The lowest BCUT2D eigenvalue weighted by Crippen LogP contribution is -2.31. The fourth-order valence-electron chi connectivity index (χ4n) is 1.63. The molecule has 2 N–H and O–H groups in total. The van der Waals surface area contributed by atoms with Crippen LogP contribution in [0.25, 0.3) is 11.1 Å². The van der Waals surface area contributed by atoms with E-state index in [-0.39, 0.29) is 6.01 Å². The van der Waals surface area contributed by atoms with Crippen LogP contribution in [-0.4, -0.2) is 25.7 Å². The molecule has 2 aromatic rings. The van der Waals surface area contributed by atoms with E-state index in [0.29, 0.717) is 35.6 Å². The Hall–Kier alpha value is -2.46. The van der Waals surface area contributed by atoms with E-state index in [4.69, 9.17) is 25.0 Å². The summed E-state index contributed by atoms with van der Waals surface area (Å²) in [4.78, 5) is 4.24. The van der Waals surface area contributed by atoms with Crippen molar-refractivity contribution >= 4 is 17.1 Å². The van der Waals surface area contributed by atoms with Crippen molar-refractivity contribution in [3.8, 4) is 17.6 Å². The van der Waals surface area contributed by atoms with Gasteiger partial charge in [0.25, 0.3) is 0 Å². The van der Waals surface area contributed by atoms with Crippen molar-refractivity contribution in [3.63, 3.8) is 0 Å². The molecule has 1 aromatic carbocycles. The van der Waals surface area contributed by atoms with Gasteiger partial charge < -0.3 is 13.9 Å². The maximum atomic E-state index is 8.52. The zero-order chi connectivity index (χ0) is 13.8. The lowest BCUT2D eigenvalue weighted by Gasteiger charge is -2.10. The van der Waals surface area contributed by atoms with Crippen LogP contribution >= 0.6 is 0 Å². The number of methoxy groups -OCH3 is 2. The van der Waals surface area contributed by atoms with E-state index in [9.17, 15) is 0 Å². The molecule has 7 heteroatoms. The van der Waals surface area contributed by atoms with Gasteiger partial charge in [0.1, 0.15) is 5.52 Å². The van der Waals surface area contributed by atoms with Gasteiger partial charge in [-0.3, -0.25) is 5.01 Å². The molecule has 1 aromatic heterocycles. The van der Waals surface area contributed by atoms with Gasteiger partial charge in [-0.2, -0.15) is 10.2 Å². The molecule has 0 atom stereocenters. The number of oxazole rings is 1. The molecule has 19 heavy (non-hydrogen) atoms. The summed E-state index contributed by atoms with van der Waals surface area (Å²) in [6.07, 6.45) is 0.294. The van der Waals surface area contributed by atoms with Gasteiger partial charge in [0.2, 0.25) is 0 Å². The predicted molar refractivity (Wildman–Crippen MR) is 68.9 cm³/mol. The van der Waals surface area contributed by atoms with Crippen molar-refractivity contribution in [2.24, 2.45) is 5.84 Å². The van der Waals surface area contributed by atoms with E-state index in [2.05, 4.69) is 4.98 Å². The summed E-state index contributed by atoms with van der Waals surface area (Å²) in [6.45, 7) is 0.345.